The van der Waals surface area contributed by atoms with Gasteiger partial charge in [0, 0.05) is 13.1 Å². The lowest BCUT2D eigenvalue weighted by Gasteiger charge is -2.30. The molecule has 0 aliphatic heterocycles. The fraction of sp³-hybridized carbons (Fsp3) is 0.250. The fourth-order valence-electron chi connectivity index (χ4n) is 4.08. The largest absolute Gasteiger partial charge is 0.367 e. The van der Waals surface area contributed by atoms with Crippen molar-refractivity contribution in [1.29, 1.82) is 0 Å². The van der Waals surface area contributed by atoms with E-state index in [1.807, 2.05) is 92.7 Å². The Balaban J connectivity index is 1.64. The quantitative estimate of drug-likeness (QED) is 0.366. The smallest absolute Gasteiger partial charge is 0.261 e. The first-order chi connectivity index (χ1) is 16.6. The van der Waals surface area contributed by atoms with Gasteiger partial charge in [0.1, 0.15) is 12.4 Å². The van der Waals surface area contributed by atoms with Crippen LogP contribution in [0.25, 0.3) is 10.9 Å². The van der Waals surface area contributed by atoms with Crippen LogP contribution in [0.15, 0.2) is 89.7 Å². The van der Waals surface area contributed by atoms with E-state index in [9.17, 15) is 9.59 Å². The summed E-state index contributed by atoms with van der Waals surface area (Å²) in [5.74, 6) is 0.413. The van der Waals surface area contributed by atoms with Crippen LogP contribution in [-0.4, -0.2) is 27.0 Å². The molecule has 1 heterocycles. The lowest BCUT2D eigenvalue weighted by atomic mass is 10.1. The van der Waals surface area contributed by atoms with Crippen molar-refractivity contribution >= 4 is 16.8 Å². The van der Waals surface area contributed by atoms with Crippen molar-refractivity contribution in [2.75, 3.05) is 6.61 Å². The maximum atomic E-state index is 13.4. The number of carbonyl (C=O) groups is 1. The normalized spacial score (nSPS) is 11.9. The molecule has 0 radical (unpaired) electrons. The molecule has 34 heavy (non-hydrogen) atoms. The molecule has 0 N–H and O–H groups in total. The van der Waals surface area contributed by atoms with Gasteiger partial charge in [0.2, 0.25) is 5.91 Å². The van der Waals surface area contributed by atoms with Gasteiger partial charge in [0.25, 0.3) is 5.56 Å². The predicted octanol–water partition coefficient (Wildman–Crippen LogP) is 4.72. The van der Waals surface area contributed by atoms with Crippen molar-refractivity contribution in [2.45, 2.75) is 39.6 Å². The molecule has 1 aromatic heterocycles. The number of fused-ring (bicyclic) bond motifs is 1. The maximum Gasteiger partial charge on any atom is 0.261 e. The highest BCUT2D eigenvalue weighted by molar-refractivity contribution is 5.79. The van der Waals surface area contributed by atoms with Crippen molar-refractivity contribution in [1.82, 2.24) is 14.5 Å². The second-order valence-electron chi connectivity index (χ2n) is 8.20. The van der Waals surface area contributed by atoms with Crippen LogP contribution in [0.5, 0.6) is 0 Å². The summed E-state index contributed by atoms with van der Waals surface area (Å²) in [6, 6.07) is 26.5. The second-order valence-corrected chi connectivity index (χ2v) is 8.20. The van der Waals surface area contributed by atoms with Crippen molar-refractivity contribution in [2.24, 2.45) is 0 Å². The molecule has 6 nitrogen and oxygen atoms in total. The average Bonchev–Trinajstić information content (AvgIpc) is 2.88. The minimum Gasteiger partial charge on any atom is -0.367 e. The molecule has 4 rings (SSSR count). The summed E-state index contributed by atoms with van der Waals surface area (Å²) in [7, 11) is 0. The van der Waals surface area contributed by atoms with E-state index in [2.05, 4.69) is 0 Å². The topological polar surface area (TPSA) is 64.4 Å². The average molecular weight is 456 g/mol. The number of rotatable bonds is 9. The number of hydrogen-bond donors (Lipinski definition) is 0. The van der Waals surface area contributed by atoms with Gasteiger partial charge >= 0.3 is 0 Å². The fourth-order valence-corrected chi connectivity index (χ4v) is 4.08. The highest BCUT2D eigenvalue weighted by atomic mass is 16.5. The Morgan fingerprint density at radius 2 is 1.56 bits per heavy atom. The van der Waals surface area contributed by atoms with Crippen molar-refractivity contribution in [3.63, 3.8) is 0 Å². The van der Waals surface area contributed by atoms with Crippen LogP contribution in [0.2, 0.25) is 0 Å². The summed E-state index contributed by atoms with van der Waals surface area (Å²) in [6.07, 6.45) is 0. The Kier molecular flexibility index (Phi) is 7.50. The van der Waals surface area contributed by atoms with Crippen molar-refractivity contribution < 1.29 is 9.53 Å². The zero-order chi connectivity index (χ0) is 23.9. The van der Waals surface area contributed by atoms with Gasteiger partial charge in [0.15, 0.2) is 0 Å². The van der Waals surface area contributed by atoms with Crippen LogP contribution in [0.1, 0.15) is 36.8 Å². The molecule has 1 atom stereocenters. The molecule has 0 fully saturated rings. The van der Waals surface area contributed by atoms with Crippen LogP contribution >= 0.6 is 0 Å². The summed E-state index contributed by atoms with van der Waals surface area (Å²) in [4.78, 5) is 33.1. The van der Waals surface area contributed by atoms with Gasteiger partial charge in [-0.3, -0.25) is 14.2 Å². The predicted molar refractivity (Wildman–Crippen MR) is 133 cm³/mol. The summed E-state index contributed by atoms with van der Waals surface area (Å²) in [5, 5.41) is 0.576. The van der Waals surface area contributed by atoms with Crippen LogP contribution < -0.4 is 5.56 Å². The molecule has 174 valence electrons. The van der Waals surface area contributed by atoms with E-state index in [-0.39, 0.29) is 18.1 Å². The van der Waals surface area contributed by atoms with Gasteiger partial charge in [-0.05, 0) is 37.1 Å². The molecule has 4 aromatic rings. The Morgan fingerprint density at radius 1 is 0.941 bits per heavy atom. The third-order valence-electron chi connectivity index (χ3n) is 5.90. The molecule has 0 spiro atoms. The Hall–Kier alpha value is -3.77. The Labute approximate surface area is 199 Å². The number of hydrogen-bond acceptors (Lipinski definition) is 4. The van der Waals surface area contributed by atoms with Crippen LogP contribution in [-0.2, 0) is 29.2 Å². The Morgan fingerprint density at radius 3 is 2.24 bits per heavy atom. The zero-order valence-corrected chi connectivity index (χ0v) is 19.6. The third kappa shape index (κ3) is 5.24. The van der Waals surface area contributed by atoms with Crippen molar-refractivity contribution in [3.8, 4) is 0 Å². The minimum atomic E-state index is -0.426. The highest BCUT2D eigenvalue weighted by Crippen LogP contribution is 2.23. The minimum absolute atomic E-state index is 0.0595. The Bertz CT molecular complexity index is 1300. The maximum absolute atomic E-state index is 13.4. The molecule has 0 aliphatic carbocycles. The van der Waals surface area contributed by atoms with Gasteiger partial charge < -0.3 is 9.64 Å². The summed E-state index contributed by atoms with van der Waals surface area (Å²) in [6.45, 7) is 4.99. The van der Waals surface area contributed by atoms with E-state index in [0.29, 0.717) is 36.4 Å². The van der Waals surface area contributed by atoms with E-state index >= 15 is 0 Å². The molecule has 1 amide bonds. The molecular weight excluding hydrogens is 426 g/mol. The number of carbonyl (C=O) groups excluding carboxylic acids is 1. The van der Waals surface area contributed by atoms with E-state index in [0.717, 1.165) is 11.1 Å². The first-order valence-corrected chi connectivity index (χ1v) is 11.5. The highest BCUT2D eigenvalue weighted by Gasteiger charge is 2.26. The number of benzene rings is 3. The van der Waals surface area contributed by atoms with Gasteiger partial charge in [-0.1, -0.05) is 72.8 Å². The van der Waals surface area contributed by atoms with E-state index < -0.39 is 6.04 Å². The lowest BCUT2D eigenvalue weighted by Crippen LogP contribution is -2.39. The first kappa shape index (κ1) is 23.4. The molecule has 3 aromatic carbocycles. The number of ether oxygens (including phenoxy) is 1. The molecule has 0 bridgehead atoms. The molecule has 1 unspecified atom stereocenters. The molecule has 0 aliphatic rings. The van der Waals surface area contributed by atoms with Gasteiger partial charge in [-0.15, -0.1) is 0 Å². The number of amides is 1. The summed E-state index contributed by atoms with van der Waals surface area (Å²) < 4.78 is 7.41. The van der Waals surface area contributed by atoms with Crippen LogP contribution in [0, 0.1) is 0 Å². The number of nitrogens with zero attached hydrogens (tertiary/aromatic N) is 3. The van der Waals surface area contributed by atoms with Crippen LogP contribution in [0.4, 0.5) is 0 Å². The van der Waals surface area contributed by atoms with E-state index in [1.165, 1.54) is 0 Å². The number of aromatic nitrogens is 2. The standard InChI is InChI=1S/C28H29N3O3/c1-3-30-27(29-25-17-11-10-16-24(25)28(30)33)21(2)31(18-22-12-6-4-7-13-22)26(32)20-34-19-23-14-8-5-9-15-23/h4-17,21H,3,18-20H2,1-2H3. The number of para-hydroxylation sites is 1. The third-order valence-corrected chi connectivity index (χ3v) is 5.90. The SMILES string of the molecule is CCn1c(C(C)N(Cc2ccccc2)C(=O)COCc2ccccc2)nc2ccccc2c1=O. The van der Waals surface area contributed by atoms with Crippen LogP contribution in [0.3, 0.4) is 0 Å². The lowest BCUT2D eigenvalue weighted by molar-refractivity contribution is -0.139. The zero-order valence-electron chi connectivity index (χ0n) is 19.6. The first-order valence-electron chi connectivity index (χ1n) is 11.5. The van der Waals surface area contributed by atoms with Gasteiger partial charge in [0.05, 0.1) is 23.6 Å². The van der Waals surface area contributed by atoms with Gasteiger partial charge in [-0.2, -0.15) is 0 Å². The molecule has 0 saturated heterocycles. The molecular formula is C28H29N3O3. The molecule has 6 heteroatoms. The summed E-state index contributed by atoms with van der Waals surface area (Å²) >= 11 is 0. The van der Waals surface area contributed by atoms with E-state index in [4.69, 9.17) is 9.72 Å². The van der Waals surface area contributed by atoms with Crippen molar-refractivity contribution in [3.05, 3.63) is 112 Å². The van der Waals surface area contributed by atoms with E-state index in [1.54, 1.807) is 15.5 Å². The monoisotopic (exact) mass is 455 g/mol. The summed E-state index contributed by atoms with van der Waals surface area (Å²) in [5.41, 5.74) is 2.54. The van der Waals surface area contributed by atoms with Gasteiger partial charge in [-0.25, -0.2) is 4.98 Å². The second kappa shape index (κ2) is 10.9. The molecule has 0 saturated carbocycles.